The molecule has 1 rings (SSSR count). The van der Waals surface area contributed by atoms with Crippen LogP contribution in [0.25, 0.3) is 0 Å². The molecular formula is C12H13BrClNO5S. The van der Waals surface area contributed by atoms with Gasteiger partial charge < -0.3 is 10.4 Å². The van der Waals surface area contributed by atoms with E-state index < -0.39 is 27.8 Å². The van der Waals surface area contributed by atoms with Crippen LogP contribution in [-0.2, 0) is 14.6 Å². The molecule has 0 fully saturated rings. The number of carboxylic acid groups (broad SMARTS) is 1. The first kappa shape index (κ1) is 17.9. The van der Waals surface area contributed by atoms with Crippen LogP contribution in [0.2, 0.25) is 5.02 Å². The van der Waals surface area contributed by atoms with Crippen molar-refractivity contribution in [1.82, 2.24) is 5.32 Å². The maximum Gasteiger partial charge on any atom is 0.326 e. The van der Waals surface area contributed by atoms with Crippen molar-refractivity contribution in [3.8, 4) is 0 Å². The molecule has 0 bridgehead atoms. The second-order valence-corrected chi connectivity index (χ2v) is 7.99. The normalized spacial score (nSPS) is 12.7. The number of hydrogen-bond acceptors (Lipinski definition) is 4. The van der Waals surface area contributed by atoms with Gasteiger partial charge in [0.05, 0.1) is 16.3 Å². The number of carbonyl (C=O) groups excluding carboxylic acids is 1. The molecule has 0 aromatic heterocycles. The van der Waals surface area contributed by atoms with E-state index in [1.807, 2.05) is 0 Å². The van der Waals surface area contributed by atoms with E-state index >= 15 is 0 Å². The number of halogens is 2. The predicted molar refractivity (Wildman–Crippen MR) is 82.4 cm³/mol. The van der Waals surface area contributed by atoms with E-state index in [9.17, 15) is 18.0 Å². The molecular weight excluding hydrogens is 386 g/mol. The van der Waals surface area contributed by atoms with Crippen LogP contribution >= 0.6 is 27.5 Å². The van der Waals surface area contributed by atoms with Gasteiger partial charge in [0, 0.05) is 10.7 Å². The van der Waals surface area contributed by atoms with Gasteiger partial charge in [0.1, 0.15) is 15.9 Å². The highest BCUT2D eigenvalue weighted by Gasteiger charge is 2.23. The van der Waals surface area contributed by atoms with Gasteiger partial charge in [-0.05, 0) is 24.6 Å². The maximum atomic E-state index is 12.0. The number of rotatable bonds is 6. The van der Waals surface area contributed by atoms with Gasteiger partial charge in [-0.3, -0.25) is 4.79 Å². The van der Waals surface area contributed by atoms with Crippen LogP contribution in [0.15, 0.2) is 22.7 Å². The van der Waals surface area contributed by atoms with Crippen LogP contribution in [0.1, 0.15) is 16.8 Å². The Hall–Kier alpha value is -1.12. The molecule has 0 aliphatic carbocycles. The third kappa shape index (κ3) is 6.03. The number of carbonyl (C=O) groups is 2. The van der Waals surface area contributed by atoms with Crippen LogP contribution in [0.4, 0.5) is 0 Å². The third-order valence-electron chi connectivity index (χ3n) is 2.55. The number of sulfone groups is 1. The third-order valence-corrected chi connectivity index (χ3v) is 4.35. The lowest BCUT2D eigenvalue weighted by Gasteiger charge is -2.14. The molecule has 21 heavy (non-hydrogen) atoms. The highest BCUT2D eigenvalue weighted by atomic mass is 79.9. The molecule has 0 heterocycles. The molecule has 0 aliphatic rings. The topological polar surface area (TPSA) is 101 Å². The van der Waals surface area contributed by atoms with Crippen molar-refractivity contribution >= 4 is 49.2 Å². The average molecular weight is 399 g/mol. The summed E-state index contributed by atoms with van der Waals surface area (Å²) in [5.74, 6) is -2.32. The highest BCUT2D eigenvalue weighted by molar-refractivity contribution is 9.10. The van der Waals surface area contributed by atoms with Gasteiger partial charge in [0.25, 0.3) is 5.91 Å². The molecule has 0 saturated carbocycles. The summed E-state index contributed by atoms with van der Waals surface area (Å²) in [6, 6.07) is 3.28. The zero-order chi connectivity index (χ0) is 16.2. The first-order valence-corrected chi connectivity index (χ1v) is 9.00. The Labute approximate surface area is 135 Å². The quantitative estimate of drug-likeness (QED) is 0.760. The largest absolute Gasteiger partial charge is 0.480 e. The van der Waals surface area contributed by atoms with Crippen molar-refractivity contribution in [3.05, 3.63) is 33.3 Å². The van der Waals surface area contributed by atoms with Gasteiger partial charge in [-0.25, -0.2) is 13.2 Å². The molecule has 0 radical (unpaired) electrons. The zero-order valence-corrected chi connectivity index (χ0v) is 14.1. The van der Waals surface area contributed by atoms with Gasteiger partial charge in [0.15, 0.2) is 0 Å². The van der Waals surface area contributed by atoms with Gasteiger partial charge in [0.2, 0.25) is 0 Å². The summed E-state index contributed by atoms with van der Waals surface area (Å²) < 4.78 is 22.8. The highest BCUT2D eigenvalue weighted by Crippen LogP contribution is 2.21. The fourth-order valence-electron chi connectivity index (χ4n) is 1.50. The fourth-order valence-corrected chi connectivity index (χ4v) is 2.73. The molecule has 0 saturated heterocycles. The summed E-state index contributed by atoms with van der Waals surface area (Å²) in [4.78, 5) is 23.1. The Morgan fingerprint density at radius 1 is 1.43 bits per heavy atom. The van der Waals surface area contributed by atoms with Gasteiger partial charge >= 0.3 is 5.97 Å². The minimum absolute atomic E-state index is 0.108. The lowest BCUT2D eigenvalue weighted by atomic mass is 10.1. The Bertz CT molecular complexity index is 662. The van der Waals surface area contributed by atoms with Crippen LogP contribution in [0.5, 0.6) is 0 Å². The van der Waals surface area contributed by atoms with Gasteiger partial charge in [-0.2, -0.15) is 0 Å². The Morgan fingerprint density at radius 2 is 2.05 bits per heavy atom. The lowest BCUT2D eigenvalue weighted by Crippen LogP contribution is -2.42. The fraction of sp³-hybridized carbons (Fsp3) is 0.333. The van der Waals surface area contributed by atoms with E-state index in [4.69, 9.17) is 16.7 Å². The van der Waals surface area contributed by atoms with Crippen LogP contribution in [0.3, 0.4) is 0 Å². The molecule has 0 aliphatic heterocycles. The lowest BCUT2D eigenvalue weighted by molar-refractivity contribution is -0.139. The first-order chi connectivity index (χ1) is 9.60. The summed E-state index contributed by atoms with van der Waals surface area (Å²) in [6.45, 7) is 0. The Kier molecular flexibility index (Phi) is 6.18. The summed E-state index contributed by atoms with van der Waals surface area (Å²) in [7, 11) is -3.32. The monoisotopic (exact) mass is 397 g/mol. The summed E-state index contributed by atoms with van der Waals surface area (Å²) in [6.07, 6.45) is 0.782. The second-order valence-electron chi connectivity index (χ2n) is 4.41. The summed E-state index contributed by atoms with van der Waals surface area (Å²) in [5, 5.41) is 11.5. The van der Waals surface area contributed by atoms with Crippen molar-refractivity contribution < 1.29 is 23.1 Å². The molecule has 2 N–H and O–H groups in total. The van der Waals surface area contributed by atoms with Crippen molar-refractivity contribution in [2.24, 2.45) is 0 Å². The first-order valence-electron chi connectivity index (χ1n) is 5.76. The number of nitrogens with one attached hydrogen (secondary N) is 1. The smallest absolute Gasteiger partial charge is 0.326 e. The molecule has 1 amide bonds. The molecule has 1 aromatic rings. The average Bonchev–Trinajstić information content (AvgIpc) is 2.35. The van der Waals surface area contributed by atoms with E-state index in [-0.39, 0.29) is 22.8 Å². The Morgan fingerprint density at radius 3 is 2.57 bits per heavy atom. The minimum Gasteiger partial charge on any atom is -0.480 e. The number of benzene rings is 1. The molecule has 1 atom stereocenters. The number of carboxylic acids is 1. The Balaban J connectivity index is 2.86. The molecule has 0 spiro atoms. The van der Waals surface area contributed by atoms with E-state index in [0.29, 0.717) is 4.47 Å². The van der Waals surface area contributed by atoms with Gasteiger partial charge in [-0.1, -0.05) is 27.5 Å². The second kappa shape index (κ2) is 7.24. The van der Waals surface area contributed by atoms with Crippen LogP contribution in [-0.4, -0.2) is 43.5 Å². The number of amides is 1. The minimum atomic E-state index is -3.32. The van der Waals surface area contributed by atoms with Crippen LogP contribution in [0, 0.1) is 0 Å². The predicted octanol–water partition coefficient (Wildman–Crippen LogP) is 1.72. The molecule has 116 valence electrons. The molecule has 1 unspecified atom stereocenters. The SMILES string of the molecule is CS(=O)(=O)CCC(NC(=O)c1cc(Br)ccc1Cl)C(=O)O. The summed E-state index contributed by atoms with van der Waals surface area (Å²) >= 11 is 9.06. The van der Waals surface area contributed by atoms with Gasteiger partial charge in [-0.15, -0.1) is 0 Å². The van der Waals surface area contributed by atoms with E-state index in [1.54, 1.807) is 6.07 Å². The molecule has 1 aromatic carbocycles. The molecule has 9 heteroatoms. The van der Waals surface area contributed by atoms with Crippen molar-refractivity contribution in [2.45, 2.75) is 12.5 Å². The van der Waals surface area contributed by atoms with Crippen molar-refractivity contribution in [1.29, 1.82) is 0 Å². The maximum absolute atomic E-state index is 12.0. The molecule has 6 nitrogen and oxygen atoms in total. The van der Waals surface area contributed by atoms with E-state index in [2.05, 4.69) is 21.2 Å². The van der Waals surface area contributed by atoms with E-state index in [0.717, 1.165) is 6.26 Å². The van der Waals surface area contributed by atoms with Crippen molar-refractivity contribution in [2.75, 3.05) is 12.0 Å². The van der Waals surface area contributed by atoms with E-state index in [1.165, 1.54) is 12.1 Å². The van der Waals surface area contributed by atoms with Crippen LogP contribution < -0.4 is 5.32 Å². The zero-order valence-electron chi connectivity index (χ0n) is 11.0. The summed E-state index contributed by atoms with van der Waals surface area (Å²) in [5.41, 5.74) is 0.108. The number of hydrogen-bond donors (Lipinski definition) is 2. The van der Waals surface area contributed by atoms with Crippen molar-refractivity contribution in [3.63, 3.8) is 0 Å². The number of aliphatic carboxylic acids is 1. The standard InChI is InChI=1S/C12H13BrClNO5S/c1-21(19,20)5-4-10(12(17)18)15-11(16)8-6-7(13)2-3-9(8)14/h2-3,6,10H,4-5H2,1H3,(H,15,16)(H,17,18).